The van der Waals surface area contributed by atoms with E-state index in [1.165, 1.54) is 31.8 Å². The summed E-state index contributed by atoms with van der Waals surface area (Å²) >= 11 is 0. The third-order valence-corrected chi connectivity index (χ3v) is 12.3. The van der Waals surface area contributed by atoms with E-state index in [1.807, 2.05) is 18.2 Å². The maximum absolute atomic E-state index is 10.7. The number of hydrogen-bond donors (Lipinski definition) is 0. The van der Waals surface area contributed by atoms with Gasteiger partial charge in [0.25, 0.3) is 0 Å². The van der Waals surface area contributed by atoms with E-state index in [0.717, 1.165) is 5.69 Å². The van der Waals surface area contributed by atoms with E-state index in [1.54, 1.807) is 18.6 Å². The van der Waals surface area contributed by atoms with Gasteiger partial charge in [0.2, 0.25) is 0 Å². The standard InChI is InChI=1S/2C18H15P.C8H6N3.2Au.F6P/c2*1-4-10-16(11-5-1)19(17-12-6-2-7-13-17)18-14-8-3-9-15-18;1-2-4-9-7(3-1)8-10-5-6-11-8;;;1-7(2,3,4,5)6/h2*1-15H;1-6H;;;/q;;-1;2*+1;-1. The summed E-state index contributed by atoms with van der Waals surface area (Å²) in [6.07, 6.45) is 5.04. The SMILES string of the molecule is F[P-](F)(F)(F)(F)F.[Au+].[Au+].c1ccc(-c2ncc[n-]2)nc1.c1ccc(P(c2ccccc2)c2ccccc2)cc1.c1ccc(P(c2ccccc2)c2ccccc2)cc1. The minimum absolute atomic E-state index is 0. The van der Waals surface area contributed by atoms with Crippen LogP contribution in [0.1, 0.15) is 0 Å². The second-order valence-electron chi connectivity index (χ2n) is 11.7. The second-order valence-corrected chi connectivity index (χ2v) is 18.1. The van der Waals surface area contributed by atoms with Gasteiger partial charge in [-0.1, -0.05) is 200 Å². The molecule has 306 valence electrons. The Balaban J connectivity index is 0.000000217. The van der Waals surface area contributed by atoms with E-state index in [0.29, 0.717) is 5.82 Å². The number of rotatable bonds is 7. The predicted octanol–water partition coefficient (Wildman–Crippen LogP) is 11.4. The quantitative estimate of drug-likeness (QED) is 0.0907. The van der Waals surface area contributed by atoms with Crippen LogP contribution in [0.2, 0.25) is 0 Å². The molecule has 0 fully saturated rings. The van der Waals surface area contributed by atoms with Gasteiger partial charge in [0.1, 0.15) is 0 Å². The Morgan fingerprint density at radius 3 is 0.810 bits per heavy atom. The Kier molecular flexibility index (Phi) is 18.7. The van der Waals surface area contributed by atoms with Gasteiger partial charge in [-0.05, 0) is 65.6 Å². The summed E-state index contributed by atoms with van der Waals surface area (Å²) in [6.45, 7) is 0. The van der Waals surface area contributed by atoms with Gasteiger partial charge in [-0.25, -0.2) is 0 Å². The van der Waals surface area contributed by atoms with Crippen molar-refractivity contribution in [2.24, 2.45) is 0 Å². The number of pyridine rings is 1. The van der Waals surface area contributed by atoms with Crippen molar-refractivity contribution in [3.05, 3.63) is 219 Å². The van der Waals surface area contributed by atoms with Crippen LogP contribution in [0, 0.1) is 0 Å². The molecule has 0 saturated carbocycles. The first-order chi connectivity index (χ1) is 26.8. The molecule has 0 atom stereocenters. The Morgan fingerprint density at radius 2 is 0.603 bits per heavy atom. The van der Waals surface area contributed by atoms with Gasteiger partial charge in [-0.3, -0.25) is 4.98 Å². The Labute approximate surface area is 368 Å². The summed E-state index contributed by atoms with van der Waals surface area (Å²) in [6, 6.07) is 70.3. The number of imidazole rings is 1. The molecule has 14 heteroatoms. The molecule has 0 spiro atoms. The molecule has 0 unspecified atom stereocenters. The summed E-state index contributed by atoms with van der Waals surface area (Å²) in [7, 11) is -11.5. The number of aromatic nitrogens is 3. The van der Waals surface area contributed by atoms with Crippen molar-refractivity contribution in [2.75, 3.05) is 0 Å². The summed E-state index contributed by atoms with van der Waals surface area (Å²) in [5, 5.41) is 8.39. The van der Waals surface area contributed by atoms with Crippen molar-refractivity contribution in [3.63, 3.8) is 0 Å². The number of nitrogens with zero attached hydrogens (tertiary/aromatic N) is 3. The monoisotopic (exact) mass is 1210 g/mol. The molecule has 0 aliphatic heterocycles. The molecule has 0 aliphatic carbocycles. The van der Waals surface area contributed by atoms with Crippen molar-refractivity contribution in [2.45, 2.75) is 0 Å². The van der Waals surface area contributed by atoms with E-state index >= 15 is 0 Å². The van der Waals surface area contributed by atoms with E-state index in [2.05, 4.69) is 197 Å². The minimum atomic E-state index is -10.7. The maximum Gasteiger partial charge on any atom is 1.00 e. The molecule has 3 nitrogen and oxygen atoms in total. The number of halogens is 6. The van der Waals surface area contributed by atoms with Crippen LogP contribution in [-0.2, 0) is 44.8 Å². The van der Waals surface area contributed by atoms with Crippen LogP contribution in [0.5, 0.6) is 0 Å². The minimum Gasteiger partial charge on any atom is -0.441 e. The first kappa shape index (κ1) is 48.4. The zero-order valence-corrected chi connectivity index (χ0v) is 37.4. The molecule has 0 radical (unpaired) electrons. The average molecular weight is 1210 g/mol. The van der Waals surface area contributed by atoms with E-state index in [4.69, 9.17) is 0 Å². The summed E-state index contributed by atoms with van der Waals surface area (Å²) in [4.78, 5) is 12.1. The second kappa shape index (κ2) is 22.4. The molecule has 58 heavy (non-hydrogen) atoms. The largest absolute Gasteiger partial charge is 1.00 e. The summed E-state index contributed by atoms with van der Waals surface area (Å²) in [5.74, 6) is 0.686. The summed E-state index contributed by atoms with van der Waals surface area (Å²) < 4.78 is 59.2. The van der Waals surface area contributed by atoms with Crippen molar-refractivity contribution >= 4 is 55.5 Å². The molecule has 0 amide bonds. The van der Waals surface area contributed by atoms with Crippen molar-refractivity contribution in [1.29, 1.82) is 0 Å². The Hall–Kier alpha value is -3.97. The molecule has 0 saturated heterocycles. The van der Waals surface area contributed by atoms with Crippen LogP contribution >= 0.6 is 23.7 Å². The van der Waals surface area contributed by atoms with Crippen LogP contribution in [0.25, 0.3) is 11.5 Å². The molecule has 2 aromatic heterocycles. The smallest absolute Gasteiger partial charge is 0.441 e. The van der Waals surface area contributed by atoms with Crippen molar-refractivity contribution in [1.82, 2.24) is 15.0 Å². The third-order valence-electron chi connectivity index (χ3n) is 7.44. The third kappa shape index (κ3) is 17.9. The average Bonchev–Trinajstić information content (AvgIpc) is 3.76. The number of hydrogen-bond acceptors (Lipinski definition) is 2. The molecule has 0 N–H and O–H groups in total. The van der Waals surface area contributed by atoms with Gasteiger partial charge >= 0.3 is 77.8 Å². The van der Waals surface area contributed by atoms with Gasteiger partial charge in [-0.2, -0.15) is 0 Å². The first-order valence-electron chi connectivity index (χ1n) is 17.1. The number of benzene rings is 6. The molecule has 8 rings (SSSR count). The maximum atomic E-state index is 9.87. The van der Waals surface area contributed by atoms with E-state index in [9.17, 15) is 25.2 Å². The zero-order valence-electron chi connectivity index (χ0n) is 30.3. The fraction of sp³-hybridized carbons (Fsp3) is 0. The van der Waals surface area contributed by atoms with E-state index in [-0.39, 0.29) is 44.8 Å². The van der Waals surface area contributed by atoms with Gasteiger partial charge in [0.05, 0.1) is 5.69 Å². The van der Waals surface area contributed by atoms with Crippen LogP contribution < -0.4 is 36.8 Å². The van der Waals surface area contributed by atoms with Crippen LogP contribution in [0.15, 0.2) is 219 Å². The Bertz CT molecular complexity index is 1970. The van der Waals surface area contributed by atoms with Gasteiger partial charge in [0, 0.05) is 6.20 Å². The fourth-order valence-electron chi connectivity index (χ4n) is 5.23. The van der Waals surface area contributed by atoms with Crippen LogP contribution in [0.4, 0.5) is 25.2 Å². The fourth-order valence-corrected chi connectivity index (χ4v) is 9.84. The topological polar surface area (TPSA) is 39.9 Å². The van der Waals surface area contributed by atoms with Gasteiger partial charge in [-0.15, -0.1) is 0 Å². The summed E-state index contributed by atoms with van der Waals surface area (Å²) in [5.41, 5.74) is 0.817. The van der Waals surface area contributed by atoms with Crippen molar-refractivity contribution in [3.8, 4) is 11.5 Å². The molecule has 8 aromatic rings. The van der Waals surface area contributed by atoms with Gasteiger partial charge in [0.15, 0.2) is 0 Å². The van der Waals surface area contributed by atoms with Gasteiger partial charge < -0.3 is 9.97 Å². The molecular formula is C44H36Au2F6N3P3. The van der Waals surface area contributed by atoms with Crippen LogP contribution in [0.3, 0.4) is 0 Å². The molecular weight excluding hydrogens is 1170 g/mol. The molecule has 0 bridgehead atoms. The Morgan fingerprint density at radius 1 is 0.345 bits per heavy atom. The molecule has 2 heterocycles. The van der Waals surface area contributed by atoms with Crippen LogP contribution in [-0.4, -0.2) is 9.97 Å². The van der Waals surface area contributed by atoms with Crippen molar-refractivity contribution < 1.29 is 69.9 Å². The predicted molar refractivity (Wildman–Crippen MR) is 225 cm³/mol. The molecule has 6 aromatic carbocycles. The first-order valence-corrected chi connectivity index (χ1v) is 21.8. The molecule has 0 aliphatic rings. The normalized spacial score (nSPS) is 11.6. The zero-order chi connectivity index (χ0) is 39.8. The van der Waals surface area contributed by atoms with E-state index < -0.39 is 23.7 Å².